The van der Waals surface area contributed by atoms with E-state index in [2.05, 4.69) is 30.5 Å². The second kappa shape index (κ2) is 7.33. The lowest BCUT2D eigenvalue weighted by molar-refractivity contribution is 0.0981. The lowest BCUT2D eigenvalue weighted by atomic mass is 9.97. The zero-order valence-electron chi connectivity index (χ0n) is 12.1. The van der Waals surface area contributed by atoms with Crippen LogP contribution < -0.4 is 10.6 Å². The highest BCUT2D eigenvalue weighted by atomic mass is 32.1. The number of hydrogen-bond donors (Lipinski definition) is 2. The number of rotatable bonds is 4. The molecule has 2 rings (SSSR count). The van der Waals surface area contributed by atoms with Gasteiger partial charge in [-0.1, -0.05) is 38.1 Å². The molecule has 21 heavy (non-hydrogen) atoms. The molecule has 0 aliphatic rings. The van der Waals surface area contributed by atoms with Crippen LogP contribution in [-0.2, 0) is 0 Å². The summed E-state index contributed by atoms with van der Waals surface area (Å²) in [7, 11) is 0. The molecule has 0 aliphatic heterocycles. The molecule has 2 aromatic rings. The van der Waals surface area contributed by atoms with Crippen molar-refractivity contribution in [2.45, 2.75) is 26.2 Å². The molecule has 1 aromatic carbocycles. The van der Waals surface area contributed by atoms with Crippen molar-refractivity contribution in [2.75, 3.05) is 5.32 Å². The fraction of sp³-hybridized carbons (Fsp3) is 0.250. The van der Waals surface area contributed by atoms with E-state index in [1.807, 2.05) is 29.6 Å². The first-order valence-corrected chi connectivity index (χ1v) is 8.15. The Morgan fingerprint density at radius 1 is 1.29 bits per heavy atom. The molecule has 2 N–H and O–H groups in total. The standard InChI is InChI=1S/C16H18N2OS2/c1-3-11(2)12-7-4-5-8-13(12)17-16(20)18-15(19)14-9-6-10-21-14/h4-11H,3H2,1-2H3,(H2,17,18,19,20). The highest BCUT2D eigenvalue weighted by Crippen LogP contribution is 2.26. The van der Waals surface area contributed by atoms with Crippen LogP contribution in [0.25, 0.3) is 0 Å². The van der Waals surface area contributed by atoms with Gasteiger partial charge in [0.25, 0.3) is 5.91 Å². The fourth-order valence-corrected chi connectivity index (χ4v) is 2.81. The van der Waals surface area contributed by atoms with Crippen molar-refractivity contribution in [3.63, 3.8) is 0 Å². The normalized spacial score (nSPS) is 11.7. The summed E-state index contributed by atoms with van der Waals surface area (Å²) >= 11 is 6.62. The number of carbonyl (C=O) groups excluding carboxylic acids is 1. The molecule has 0 saturated carbocycles. The van der Waals surface area contributed by atoms with Gasteiger partial charge in [-0.2, -0.15) is 0 Å². The molecule has 1 heterocycles. The number of amides is 1. The Hall–Kier alpha value is -1.72. The van der Waals surface area contributed by atoms with Gasteiger partial charge < -0.3 is 5.32 Å². The van der Waals surface area contributed by atoms with Gasteiger partial charge in [0.15, 0.2) is 5.11 Å². The number of para-hydroxylation sites is 1. The third-order valence-corrected chi connectivity index (χ3v) is 4.40. The minimum Gasteiger partial charge on any atom is -0.332 e. The molecule has 0 saturated heterocycles. The Bertz CT molecular complexity index is 623. The predicted molar refractivity (Wildman–Crippen MR) is 93.2 cm³/mol. The van der Waals surface area contributed by atoms with Crippen molar-refractivity contribution in [3.05, 3.63) is 52.2 Å². The van der Waals surface area contributed by atoms with Gasteiger partial charge >= 0.3 is 0 Å². The average Bonchev–Trinajstić information content (AvgIpc) is 3.01. The summed E-state index contributed by atoms with van der Waals surface area (Å²) in [6, 6.07) is 11.6. The molecule has 0 fully saturated rings. The molecule has 5 heteroatoms. The van der Waals surface area contributed by atoms with Gasteiger partial charge in [0.05, 0.1) is 4.88 Å². The minimum absolute atomic E-state index is 0.177. The molecule has 0 aliphatic carbocycles. The fourth-order valence-electron chi connectivity index (χ4n) is 1.99. The van der Waals surface area contributed by atoms with Crippen molar-refractivity contribution < 1.29 is 4.79 Å². The van der Waals surface area contributed by atoms with Crippen LogP contribution in [-0.4, -0.2) is 11.0 Å². The van der Waals surface area contributed by atoms with Crippen molar-refractivity contribution in [1.82, 2.24) is 5.32 Å². The van der Waals surface area contributed by atoms with Gasteiger partial charge in [0, 0.05) is 5.69 Å². The van der Waals surface area contributed by atoms with E-state index in [4.69, 9.17) is 12.2 Å². The number of hydrogen-bond acceptors (Lipinski definition) is 3. The van der Waals surface area contributed by atoms with E-state index in [0.29, 0.717) is 15.9 Å². The second-order valence-corrected chi connectivity index (χ2v) is 6.14. The van der Waals surface area contributed by atoms with Crippen LogP contribution in [0.15, 0.2) is 41.8 Å². The monoisotopic (exact) mass is 318 g/mol. The SMILES string of the molecule is CCC(C)c1ccccc1NC(=S)NC(=O)c1cccs1. The van der Waals surface area contributed by atoms with E-state index in [1.165, 1.54) is 16.9 Å². The van der Waals surface area contributed by atoms with Crippen molar-refractivity contribution in [2.24, 2.45) is 0 Å². The van der Waals surface area contributed by atoms with Gasteiger partial charge in [-0.3, -0.25) is 10.1 Å². The summed E-state index contributed by atoms with van der Waals surface area (Å²) in [4.78, 5) is 12.6. The summed E-state index contributed by atoms with van der Waals surface area (Å²) in [5.74, 6) is 0.257. The second-order valence-electron chi connectivity index (χ2n) is 4.78. The maximum absolute atomic E-state index is 12.0. The van der Waals surface area contributed by atoms with Crippen molar-refractivity contribution in [1.29, 1.82) is 0 Å². The largest absolute Gasteiger partial charge is 0.332 e. The van der Waals surface area contributed by atoms with Gasteiger partial charge in [-0.05, 0) is 47.6 Å². The van der Waals surface area contributed by atoms with Gasteiger partial charge in [0.1, 0.15) is 0 Å². The summed E-state index contributed by atoms with van der Waals surface area (Å²) in [5, 5.41) is 8.02. The maximum atomic E-state index is 12.0. The number of thiophene rings is 1. The molecule has 1 atom stereocenters. The summed E-state index contributed by atoms with van der Waals surface area (Å²) < 4.78 is 0. The molecule has 0 radical (unpaired) electrons. The number of carbonyl (C=O) groups is 1. The molecule has 110 valence electrons. The van der Waals surface area contributed by atoms with E-state index in [9.17, 15) is 4.79 Å². The van der Waals surface area contributed by atoms with Crippen LogP contribution >= 0.6 is 23.6 Å². The lowest BCUT2D eigenvalue weighted by Crippen LogP contribution is -2.34. The zero-order chi connectivity index (χ0) is 15.2. The predicted octanol–water partition coefficient (Wildman–Crippen LogP) is 4.39. The molecule has 1 aromatic heterocycles. The summed E-state index contributed by atoms with van der Waals surface area (Å²) in [5.41, 5.74) is 2.15. The van der Waals surface area contributed by atoms with Gasteiger partial charge in [-0.15, -0.1) is 11.3 Å². The van der Waals surface area contributed by atoms with E-state index in [-0.39, 0.29) is 5.91 Å². The molecule has 1 amide bonds. The number of thiocarbonyl (C=S) groups is 1. The molecular formula is C16H18N2OS2. The quantitative estimate of drug-likeness (QED) is 0.822. The van der Waals surface area contributed by atoms with Gasteiger partial charge in [0.2, 0.25) is 0 Å². The average molecular weight is 318 g/mol. The van der Waals surface area contributed by atoms with Crippen LogP contribution in [0, 0.1) is 0 Å². The van der Waals surface area contributed by atoms with Crippen molar-refractivity contribution >= 4 is 40.3 Å². The minimum atomic E-state index is -0.177. The molecule has 0 bridgehead atoms. The van der Waals surface area contributed by atoms with Gasteiger partial charge in [-0.25, -0.2) is 0 Å². The van der Waals surface area contributed by atoms with Crippen LogP contribution in [0.1, 0.15) is 41.4 Å². The van der Waals surface area contributed by atoms with Crippen LogP contribution in [0.5, 0.6) is 0 Å². The molecule has 3 nitrogen and oxygen atoms in total. The Morgan fingerprint density at radius 3 is 2.71 bits per heavy atom. The number of benzene rings is 1. The zero-order valence-corrected chi connectivity index (χ0v) is 13.7. The topological polar surface area (TPSA) is 41.1 Å². The highest BCUT2D eigenvalue weighted by molar-refractivity contribution is 7.80. The first kappa shape index (κ1) is 15.7. The van der Waals surface area contributed by atoms with E-state index in [1.54, 1.807) is 6.07 Å². The van der Waals surface area contributed by atoms with Crippen LogP contribution in [0.2, 0.25) is 0 Å². The maximum Gasteiger partial charge on any atom is 0.267 e. The molecular weight excluding hydrogens is 300 g/mol. The Labute approximate surface area is 134 Å². The Morgan fingerprint density at radius 2 is 2.05 bits per heavy atom. The highest BCUT2D eigenvalue weighted by Gasteiger charge is 2.12. The third-order valence-electron chi connectivity index (χ3n) is 3.32. The molecule has 0 spiro atoms. The van der Waals surface area contributed by atoms with E-state index in [0.717, 1.165) is 12.1 Å². The van der Waals surface area contributed by atoms with Crippen LogP contribution in [0.4, 0.5) is 5.69 Å². The summed E-state index contributed by atoms with van der Waals surface area (Å²) in [6.07, 6.45) is 1.05. The Kier molecular flexibility index (Phi) is 5.47. The van der Waals surface area contributed by atoms with E-state index < -0.39 is 0 Å². The molecule has 1 unspecified atom stereocenters. The first-order chi connectivity index (χ1) is 10.1. The van der Waals surface area contributed by atoms with Crippen molar-refractivity contribution in [3.8, 4) is 0 Å². The lowest BCUT2D eigenvalue weighted by Gasteiger charge is -2.16. The Balaban J connectivity index is 2.05. The number of anilines is 1. The number of nitrogens with one attached hydrogen (secondary N) is 2. The van der Waals surface area contributed by atoms with Crippen LogP contribution in [0.3, 0.4) is 0 Å². The third kappa shape index (κ3) is 4.12. The van der Waals surface area contributed by atoms with E-state index >= 15 is 0 Å². The summed E-state index contributed by atoms with van der Waals surface area (Å²) in [6.45, 7) is 4.33. The smallest absolute Gasteiger partial charge is 0.267 e. The first-order valence-electron chi connectivity index (χ1n) is 6.86.